The smallest absolute Gasteiger partial charge is 0.302 e. The van der Waals surface area contributed by atoms with Crippen LogP contribution in [0.2, 0.25) is 5.02 Å². The van der Waals surface area contributed by atoms with Gasteiger partial charge in [-0.05, 0) is 24.6 Å². The van der Waals surface area contributed by atoms with E-state index in [0.29, 0.717) is 10.6 Å². The van der Waals surface area contributed by atoms with Gasteiger partial charge in [0.15, 0.2) is 4.90 Å². The fourth-order valence-electron chi connectivity index (χ4n) is 2.08. The van der Waals surface area contributed by atoms with Crippen molar-refractivity contribution >= 4 is 21.6 Å². The Morgan fingerprint density at radius 3 is 2.26 bits per heavy atom. The Labute approximate surface area is 138 Å². The molecular formula is C14H16ClN3O4S. The van der Waals surface area contributed by atoms with Crippen molar-refractivity contribution in [2.45, 2.75) is 17.9 Å². The molecule has 1 aromatic carbocycles. The molecule has 0 unspecified atom stereocenters. The van der Waals surface area contributed by atoms with Crippen LogP contribution in [-0.4, -0.2) is 17.6 Å². The van der Waals surface area contributed by atoms with E-state index in [1.165, 1.54) is 14.1 Å². The average Bonchev–Trinajstić information content (AvgIpc) is 2.48. The number of aromatic nitrogens is 2. The van der Waals surface area contributed by atoms with Gasteiger partial charge >= 0.3 is 5.69 Å². The summed E-state index contributed by atoms with van der Waals surface area (Å²) in [5.41, 5.74) is -0.775. The Morgan fingerprint density at radius 1 is 1.13 bits per heavy atom. The number of rotatable bonds is 4. The molecule has 0 spiro atoms. The Kier molecular flexibility index (Phi) is 4.79. The summed E-state index contributed by atoms with van der Waals surface area (Å²) in [5, 5.41) is 0.538. The molecule has 1 N–H and O–H groups in total. The zero-order valence-corrected chi connectivity index (χ0v) is 14.4. The molecule has 0 saturated heterocycles. The molecule has 0 radical (unpaired) electrons. The summed E-state index contributed by atoms with van der Waals surface area (Å²) in [5.74, 6) is 0. The van der Waals surface area contributed by atoms with Crippen LogP contribution < -0.4 is 16.0 Å². The summed E-state index contributed by atoms with van der Waals surface area (Å²) in [6, 6.07) is 6.10. The molecule has 7 nitrogen and oxygen atoms in total. The molecule has 0 fully saturated rings. The lowest BCUT2D eigenvalue weighted by Crippen LogP contribution is -2.41. The predicted molar refractivity (Wildman–Crippen MR) is 87.1 cm³/mol. The number of aryl methyl sites for hydroxylation is 1. The maximum Gasteiger partial charge on any atom is 0.330 e. The second-order valence-electron chi connectivity index (χ2n) is 5.15. The molecule has 0 bridgehead atoms. The Hall–Kier alpha value is -1.90. The van der Waals surface area contributed by atoms with Gasteiger partial charge in [0.1, 0.15) is 0 Å². The molecule has 0 aliphatic rings. The Bertz CT molecular complexity index is 945. The lowest BCUT2D eigenvalue weighted by Gasteiger charge is -2.15. The highest BCUT2D eigenvalue weighted by Crippen LogP contribution is 2.17. The van der Waals surface area contributed by atoms with Gasteiger partial charge in [0, 0.05) is 31.4 Å². The van der Waals surface area contributed by atoms with E-state index in [9.17, 15) is 18.0 Å². The topological polar surface area (TPSA) is 90.2 Å². The minimum atomic E-state index is -4.09. The van der Waals surface area contributed by atoms with Crippen molar-refractivity contribution in [3.05, 3.63) is 61.9 Å². The van der Waals surface area contributed by atoms with Gasteiger partial charge in [-0.2, -0.15) is 0 Å². The van der Waals surface area contributed by atoms with Crippen LogP contribution in [0.15, 0.2) is 44.9 Å². The van der Waals surface area contributed by atoms with Gasteiger partial charge in [0.05, 0.1) is 0 Å². The number of benzene rings is 1. The molecule has 2 rings (SSSR count). The van der Waals surface area contributed by atoms with Gasteiger partial charge < -0.3 is 4.57 Å². The lowest BCUT2D eigenvalue weighted by atomic mass is 10.1. The molecule has 1 aromatic heterocycles. The summed E-state index contributed by atoms with van der Waals surface area (Å²) in [4.78, 5) is 23.2. The Morgan fingerprint density at radius 2 is 1.70 bits per heavy atom. The zero-order valence-electron chi connectivity index (χ0n) is 12.8. The van der Waals surface area contributed by atoms with Gasteiger partial charge in [-0.25, -0.2) is 17.9 Å². The van der Waals surface area contributed by atoms with Crippen LogP contribution in [0, 0.1) is 0 Å². The first-order chi connectivity index (χ1) is 10.6. The van der Waals surface area contributed by atoms with Crippen LogP contribution >= 0.6 is 11.6 Å². The van der Waals surface area contributed by atoms with E-state index in [4.69, 9.17) is 11.6 Å². The first kappa shape index (κ1) is 17.5. The third kappa shape index (κ3) is 3.54. The molecule has 23 heavy (non-hydrogen) atoms. The second-order valence-corrected chi connectivity index (χ2v) is 7.26. The van der Waals surface area contributed by atoms with E-state index in [2.05, 4.69) is 4.72 Å². The highest BCUT2D eigenvalue weighted by molar-refractivity contribution is 7.89. The third-order valence-electron chi connectivity index (χ3n) is 3.41. The van der Waals surface area contributed by atoms with Crippen molar-refractivity contribution in [2.75, 3.05) is 0 Å². The van der Waals surface area contributed by atoms with Crippen molar-refractivity contribution in [2.24, 2.45) is 14.1 Å². The molecule has 0 aliphatic carbocycles. The number of hydrogen-bond acceptors (Lipinski definition) is 4. The number of halogens is 1. The summed E-state index contributed by atoms with van der Waals surface area (Å²) in [7, 11) is -1.48. The molecule has 1 atom stereocenters. The first-order valence-corrected chi connectivity index (χ1v) is 8.54. The number of sulfonamides is 1. The minimum absolute atomic E-state index is 0.483. The monoisotopic (exact) mass is 357 g/mol. The fraction of sp³-hybridized carbons (Fsp3) is 0.286. The van der Waals surface area contributed by atoms with Crippen LogP contribution in [0.3, 0.4) is 0 Å². The Balaban J connectivity index is 2.42. The first-order valence-electron chi connectivity index (χ1n) is 6.68. The van der Waals surface area contributed by atoms with Crippen LogP contribution in [0.4, 0.5) is 0 Å². The minimum Gasteiger partial charge on any atom is -0.302 e. The number of hydrogen-bond donors (Lipinski definition) is 1. The summed E-state index contributed by atoms with van der Waals surface area (Å²) in [6.45, 7) is 1.65. The quantitative estimate of drug-likeness (QED) is 0.875. The third-order valence-corrected chi connectivity index (χ3v) is 5.18. The van der Waals surface area contributed by atoms with Crippen molar-refractivity contribution in [3.63, 3.8) is 0 Å². The van der Waals surface area contributed by atoms with E-state index in [1.54, 1.807) is 31.2 Å². The molecule has 0 amide bonds. The van der Waals surface area contributed by atoms with Gasteiger partial charge in [-0.3, -0.25) is 9.36 Å². The van der Waals surface area contributed by atoms with Crippen LogP contribution in [0.5, 0.6) is 0 Å². The molecular weight excluding hydrogens is 342 g/mol. The normalized spacial score (nSPS) is 13.0. The predicted octanol–water partition coefficient (Wildman–Crippen LogP) is 0.777. The molecule has 0 saturated carbocycles. The van der Waals surface area contributed by atoms with Crippen molar-refractivity contribution in [1.29, 1.82) is 0 Å². The summed E-state index contributed by atoms with van der Waals surface area (Å²) < 4.78 is 29.1. The van der Waals surface area contributed by atoms with Crippen molar-refractivity contribution < 1.29 is 8.42 Å². The van der Waals surface area contributed by atoms with E-state index >= 15 is 0 Å². The highest BCUT2D eigenvalue weighted by atomic mass is 35.5. The number of nitrogens with one attached hydrogen (secondary N) is 1. The van der Waals surface area contributed by atoms with Gasteiger partial charge in [0.2, 0.25) is 10.0 Å². The van der Waals surface area contributed by atoms with Crippen LogP contribution in [0.25, 0.3) is 0 Å². The summed E-state index contributed by atoms with van der Waals surface area (Å²) in [6.07, 6.45) is 1.02. The lowest BCUT2D eigenvalue weighted by molar-refractivity contribution is 0.557. The fourth-order valence-corrected chi connectivity index (χ4v) is 3.59. The average molecular weight is 358 g/mol. The molecule has 1 heterocycles. The van der Waals surface area contributed by atoms with E-state index in [1.807, 2.05) is 0 Å². The van der Waals surface area contributed by atoms with Gasteiger partial charge in [0.25, 0.3) is 5.56 Å². The number of nitrogens with zero attached hydrogens (tertiary/aromatic N) is 2. The van der Waals surface area contributed by atoms with E-state index in [-0.39, 0.29) is 0 Å². The van der Waals surface area contributed by atoms with Gasteiger partial charge in [-0.1, -0.05) is 23.7 Å². The van der Waals surface area contributed by atoms with Gasteiger partial charge in [-0.15, -0.1) is 0 Å². The maximum atomic E-state index is 12.5. The van der Waals surface area contributed by atoms with E-state index < -0.39 is 32.2 Å². The molecule has 124 valence electrons. The van der Waals surface area contributed by atoms with Crippen LogP contribution in [-0.2, 0) is 24.1 Å². The highest BCUT2D eigenvalue weighted by Gasteiger charge is 2.23. The van der Waals surface area contributed by atoms with Crippen molar-refractivity contribution in [1.82, 2.24) is 13.9 Å². The molecule has 0 aliphatic heterocycles. The SMILES string of the molecule is C[C@H](NS(=O)(=O)c1cn(C)c(=O)n(C)c1=O)c1ccc(Cl)cc1. The molecule has 9 heteroatoms. The van der Waals surface area contributed by atoms with E-state index in [0.717, 1.165) is 15.3 Å². The largest absolute Gasteiger partial charge is 0.330 e. The second kappa shape index (κ2) is 6.31. The van der Waals surface area contributed by atoms with Crippen molar-refractivity contribution in [3.8, 4) is 0 Å². The maximum absolute atomic E-state index is 12.5. The summed E-state index contributed by atoms with van der Waals surface area (Å²) >= 11 is 5.80. The zero-order chi connectivity index (χ0) is 17.4. The molecule has 2 aromatic rings. The van der Waals surface area contributed by atoms with Crippen LogP contribution in [0.1, 0.15) is 18.5 Å². The standard InChI is InChI=1S/C14H16ClN3O4S/c1-9(10-4-6-11(15)7-5-10)16-23(21,22)12-8-17(2)14(20)18(3)13(12)19/h4-9,16H,1-3H3/t9-/m0/s1.